The van der Waals surface area contributed by atoms with E-state index in [1.165, 1.54) is 0 Å². The van der Waals surface area contributed by atoms with Crippen molar-refractivity contribution in [1.82, 2.24) is 0 Å². The molecule has 0 saturated carbocycles. The predicted molar refractivity (Wildman–Crippen MR) is 109 cm³/mol. The quantitative estimate of drug-likeness (QED) is 0.546. The molecule has 0 aliphatic carbocycles. The Labute approximate surface area is 170 Å². The first-order chi connectivity index (χ1) is 13.0. The molecule has 3 aliphatic rings. The van der Waals surface area contributed by atoms with Crippen molar-refractivity contribution in [3.8, 4) is 0 Å². The highest BCUT2D eigenvalue weighted by molar-refractivity contribution is 6.73. The third kappa shape index (κ3) is 4.12. The van der Waals surface area contributed by atoms with E-state index in [9.17, 15) is 10.2 Å². The summed E-state index contributed by atoms with van der Waals surface area (Å²) in [6.07, 6.45) is 4.26. The Morgan fingerprint density at radius 3 is 2.36 bits per heavy atom. The lowest BCUT2D eigenvalue weighted by molar-refractivity contribution is -0.146. The fraction of sp³-hybridized carbons (Fsp3) is 0.905. The summed E-state index contributed by atoms with van der Waals surface area (Å²) in [7, 11) is -2.50. The monoisotopic (exact) mass is 414 g/mol. The zero-order valence-electron chi connectivity index (χ0n) is 18.2. The van der Waals surface area contributed by atoms with Crippen molar-refractivity contribution in [3.63, 3.8) is 0 Å². The van der Waals surface area contributed by atoms with Crippen LogP contribution in [0, 0.1) is 5.92 Å². The van der Waals surface area contributed by atoms with Crippen molar-refractivity contribution in [1.29, 1.82) is 0 Å². The maximum atomic E-state index is 10.4. The van der Waals surface area contributed by atoms with Crippen LogP contribution < -0.4 is 0 Å². The van der Waals surface area contributed by atoms with E-state index in [1.807, 2.05) is 0 Å². The van der Waals surface area contributed by atoms with Crippen LogP contribution in [0.2, 0.25) is 10.1 Å². The Bertz CT molecular complexity index is 552. The van der Waals surface area contributed by atoms with Gasteiger partial charge in [0, 0.05) is 16.7 Å². The second kappa shape index (κ2) is 8.10. The number of aliphatic hydroxyl groups excluding tert-OH is 2. The smallest absolute Gasteiger partial charge is 0.349 e. The third-order valence-corrected chi connectivity index (χ3v) is 11.5. The lowest BCUT2D eigenvalue weighted by Gasteiger charge is -2.55. The summed E-state index contributed by atoms with van der Waals surface area (Å²) in [6, 6.07) is 0. The average molecular weight is 415 g/mol. The first kappa shape index (κ1) is 22.4. The van der Waals surface area contributed by atoms with E-state index in [4.69, 9.17) is 18.3 Å². The Hall–Kier alpha value is -0.283. The summed E-state index contributed by atoms with van der Waals surface area (Å²) in [6.45, 7) is 14.2. The van der Waals surface area contributed by atoms with Crippen molar-refractivity contribution in [2.45, 2.75) is 95.0 Å². The first-order valence-corrected chi connectivity index (χ1v) is 12.4. The molecule has 7 heteroatoms. The van der Waals surface area contributed by atoms with Gasteiger partial charge in [-0.1, -0.05) is 53.7 Å². The summed E-state index contributed by atoms with van der Waals surface area (Å²) < 4.78 is 25.0. The first-order valence-electron chi connectivity index (χ1n) is 10.5. The van der Waals surface area contributed by atoms with E-state index in [0.29, 0.717) is 19.6 Å². The Morgan fingerprint density at radius 2 is 1.75 bits per heavy atom. The van der Waals surface area contributed by atoms with Gasteiger partial charge >= 0.3 is 8.56 Å². The normalized spacial score (nSPS) is 38.9. The van der Waals surface area contributed by atoms with Gasteiger partial charge in [-0.3, -0.25) is 0 Å². The number of fused-ring (bicyclic) bond motifs is 1. The van der Waals surface area contributed by atoms with Gasteiger partial charge in [0.15, 0.2) is 0 Å². The van der Waals surface area contributed by atoms with Crippen molar-refractivity contribution < 1.29 is 28.5 Å². The molecule has 6 nitrogen and oxygen atoms in total. The van der Waals surface area contributed by atoms with Gasteiger partial charge in [-0.05, 0) is 18.8 Å². The maximum Gasteiger partial charge on any atom is 0.349 e. The molecule has 3 rings (SSSR count). The lowest BCUT2D eigenvalue weighted by Crippen LogP contribution is -2.65. The minimum atomic E-state index is -2.50. The summed E-state index contributed by atoms with van der Waals surface area (Å²) in [5, 5.41) is 19.7. The summed E-state index contributed by atoms with van der Waals surface area (Å²) in [5.41, 5.74) is 0. The van der Waals surface area contributed by atoms with Crippen LogP contribution in [0.4, 0.5) is 0 Å². The molecule has 0 aromatic heterocycles. The van der Waals surface area contributed by atoms with Gasteiger partial charge in [0.25, 0.3) is 0 Å². The molecule has 2 saturated heterocycles. The highest BCUT2D eigenvalue weighted by atomic mass is 28.4. The van der Waals surface area contributed by atoms with Crippen LogP contribution in [-0.2, 0) is 18.3 Å². The molecule has 0 aromatic rings. The molecule has 0 spiro atoms. The van der Waals surface area contributed by atoms with Crippen molar-refractivity contribution in [2.75, 3.05) is 19.8 Å². The van der Waals surface area contributed by atoms with Crippen LogP contribution in [0.25, 0.3) is 0 Å². The fourth-order valence-electron chi connectivity index (χ4n) is 5.08. The zero-order valence-corrected chi connectivity index (χ0v) is 19.2. The molecule has 0 aromatic carbocycles. The van der Waals surface area contributed by atoms with E-state index in [-0.39, 0.29) is 40.9 Å². The second-order valence-corrected chi connectivity index (χ2v) is 15.2. The average Bonchev–Trinajstić information content (AvgIpc) is 2.61. The topological polar surface area (TPSA) is 77.4 Å². The minimum Gasteiger partial charge on any atom is -0.394 e. The number of rotatable bonds is 3. The van der Waals surface area contributed by atoms with E-state index in [2.05, 4.69) is 53.7 Å². The van der Waals surface area contributed by atoms with Gasteiger partial charge in [0.05, 0.1) is 31.5 Å². The minimum absolute atomic E-state index is 0.0492. The van der Waals surface area contributed by atoms with Gasteiger partial charge in [-0.25, -0.2) is 0 Å². The number of hydrogen-bond acceptors (Lipinski definition) is 6. The van der Waals surface area contributed by atoms with E-state index >= 15 is 0 Å². The van der Waals surface area contributed by atoms with Gasteiger partial charge in [0.2, 0.25) is 0 Å². The second-order valence-electron chi connectivity index (χ2n) is 10.5. The summed E-state index contributed by atoms with van der Waals surface area (Å²) in [5.74, 6) is 0.0557. The lowest BCUT2D eigenvalue weighted by atomic mass is 9.87. The molecule has 0 amide bonds. The van der Waals surface area contributed by atoms with Crippen molar-refractivity contribution in [2.24, 2.45) is 5.92 Å². The van der Waals surface area contributed by atoms with E-state index in [0.717, 1.165) is 6.42 Å². The largest absolute Gasteiger partial charge is 0.394 e. The molecule has 162 valence electrons. The van der Waals surface area contributed by atoms with Crippen LogP contribution in [0.5, 0.6) is 0 Å². The third-order valence-electron chi connectivity index (χ3n) is 6.36. The molecule has 6 atom stereocenters. The van der Waals surface area contributed by atoms with Crippen molar-refractivity contribution in [3.05, 3.63) is 12.2 Å². The molecule has 6 unspecified atom stereocenters. The van der Waals surface area contributed by atoms with Gasteiger partial charge in [-0.2, -0.15) is 0 Å². The maximum absolute atomic E-state index is 10.4. The Morgan fingerprint density at radius 1 is 1.07 bits per heavy atom. The van der Waals surface area contributed by atoms with E-state index in [1.54, 1.807) is 0 Å². The fourth-order valence-corrected chi connectivity index (χ4v) is 9.99. The summed E-state index contributed by atoms with van der Waals surface area (Å²) in [4.78, 5) is 0. The molecule has 2 fully saturated rings. The van der Waals surface area contributed by atoms with E-state index < -0.39 is 20.8 Å². The molecule has 0 bridgehead atoms. The highest BCUT2D eigenvalue weighted by Crippen LogP contribution is 2.54. The molecule has 28 heavy (non-hydrogen) atoms. The SMILES string of the molecule is CC(C)(C)[Si]1(C(C)(C)C)OCC2OC(CC3CCOC(CO)C3O)C=CC2O1. The van der Waals surface area contributed by atoms with Crippen LogP contribution in [0.3, 0.4) is 0 Å². The molecule has 2 N–H and O–H groups in total. The molecular weight excluding hydrogens is 376 g/mol. The highest BCUT2D eigenvalue weighted by Gasteiger charge is 2.62. The molecule has 3 aliphatic heterocycles. The number of aliphatic hydroxyl groups is 2. The molecular formula is C21H38O6Si. The van der Waals surface area contributed by atoms with Crippen LogP contribution in [-0.4, -0.2) is 69.1 Å². The van der Waals surface area contributed by atoms with Gasteiger partial charge in [0.1, 0.15) is 12.2 Å². The Balaban J connectivity index is 1.69. The van der Waals surface area contributed by atoms with Crippen molar-refractivity contribution >= 4 is 8.56 Å². The predicted octanol–water partition coefficient (Wildman–Crippen LogP) is 2.92. The van der Waals surface area contributed by atoms with Gasteiger partial charge < -0.3 is 28.5 Å². The van der Waals surface area contributed by atoms with Crippen LogP contribution in [0.1, 0.15) is 54.4 Å². The number of hydrogen-bond donors (Lipinski definition) is 2. The molecule has 0 radical (unpaired) electrons. The zero-order chi connectivity index (χ0) is 20.7. The van der Waals surface area contributed by atoms with Crippen LogP contribution >= 0.6 is 0 Å². The Kier molecular flexibility index (Phi) is 6.48. The summed E-state index contributed by atoms with van der Waals surface area (Å²) >= 11 is 0. The molecule has 3 heterocycles. The van der Waals surface area contributed by atoms with Crippen LogP contribution in [0.15, 0.2) is 12.2 Å². The number of ether oxygens (including phenoxy) is 2. The standard InChI is InChI=1S/C21H38O6Si/c1-20(2,3)28(21(4,5)6)25-13-18-16(27-28)8-7-15(26-18)11-14-9-10-24-17(12-22)19(14)23/h7-8,14-19,22-23H,9-13H2,1-6H3. The van der Waals surface area contributed by atoms with Gasteiger partial charge in [-0.15, -0.1) is 0 Å².